The second-order valence-electron chi connectivity index (χ2n) is 5.35. The van der Waals surface area contributed by atoms with Gasteiger partial charge >= 0.3 is 0 Å². The van der Waals surface area contributed by atoms with Gasteiger partial charge in [-0.15, -0.1) is 0 Å². The van der Waals surface area contributed by atoms with E-state index in [4.69, 9.17) is 4.74 Å². The van der Waals surface area contributed by atoms with Gasteiger partial charge in [0.25, 0.3) is 0 Å². The van der Waals surface area contributed by atoms with Crippen molar-refractivity contribution in [2.75, 3.05) is 6.61 Å². The smallest absolute Gasteiger partial charge is 0.133 e. The van der Waals surface area contributed by atoms with E-state index in [1.807, 2.05) is 6.92 Å². The van der Waals surface area contributed by atoms with Crippen LogP contribution in [0.1, 0.15) is 49.9 Å². The molecule has 0 aromatic heterocycles. The average Bonchev–Trinajstić information content (AvgIpc) is 2.79. The van der Waals surface area contributed by atoms with Gasteiger partial charge in [0.05, 0.1) is 11.1 Å². The summed E-state index contributed by atoms with van der Waals surface area (Å²) in [5.41, 5.74) is 1.74. The van der Waals surface area contributed by atoms with Crippen molar-refractivity contribution in [3.8, 4) is 5.75 Å². The van der Waals surface area contributed by atoms with E-state index in [1.54, 1.807) is 0 Å². The molecule has 0 saturated heterocycles. The van der Waals surface area contributed by atoms with Crippen LogP contribution in [-0.4, -0.2) is 6.61 Å². The molecule has 1 atom stereocenters. The first-order valence-electron chi connectivity index (χ1n) is 6.63. The first kappa shape index (κ1) is 14.4. The highest BCUT2D eigenvalue weighted by atomic mass is 79.9. The molecule has 18 heavy (non-hydrogen) atoms. The maximum atomic E-state index is 5.56. The Balaban J connectivity index is 2.20. The lowest BCUT2D eigenvalue weighted by molar-refractivity contribution is 0.328. The van der Waals surface area contributed by atoms with Crippen molar-refractivity contribution < 1.29 is 4.74 Å². The largest absolute Gasteiger partial charge is 0.493 e. The van der Waals surface area contributed by atoms with E-state index < -0.39 is 0 Å². The third-order valence-corrected chi connectivity index (χ3v) is 6.16. The molecule has 0 amide bonds. The standard InChI is InChI=1S/C15H20Br2O/c1-3-18-13-7-6-11(10-12(13)16)14(17)15(2)8-4-5-9-15/h6-7,10,14H,3-5,8-9H2,1-2H3. The van der Waals surface area contributed by atoms with Crippen LogP contribution in [0.25, 0.3) is 0 Å². The molecule has 100 valence electrons. The van der Waals surface area contributed by atoms with E-state index in [0.717, 1.165) is 10.2 Å². The number of hydrogen-bond acceptors (Lipinski definition) is 1. The summed E-state index contributed by atoms with van der Waals surface area (Å²) in [6.45, 7) is 5.10. The van der Waals surface area contributed by atoms with Crippen molar-refractivity contribution >= 4 is 31.9 Å². The molecular formula is C15H20Br2O. The summed E-state index contributed by atoms with van der Waals surface area (Å²) in [6.07, 6.45) is 5.34. The summed E-state index contributed by atoms with van der Waals surface area (Å²) in [4.78, 5) is 0.430. The summed E-state index contributed by atoms with van der Waals surface area (Å²) in [5, 5.41) is 0. The van der Waals surface area contributed by atoms with Gasteiger partial charge in [-0.05, 0) is 58.8 Å². The molecule has 2 rings (SSSR count). The maximum absolute atomic E-state index is 5.56. The Bertz CT molecular complexity index is 411. The van der Waals surface area contributed by atoms with E-state index in [2.05, 4.69) is 57.0 Å². The Morgan fingerprint density at radius 1 is 1.33 bits per heavy atom. The summed E-state index contributed by atoms with van der Waals surface area (Å²) >= 11 is 7.50. The van der Waals surface area contributed by atoms with Crippen molar-refractivity contribution in [1.29, 1.82) is 0 Å². The van der Waals surface area contributed by atoms with Crippen molar-refractivity contribution in [2.24, 2.45) is 5.41 Å². The molecule has 0 radical (unpaired) electrons. The number of benzene rings is 1. The Morgan fingerprint density at radius 2 is 2.00 bits per heavy atom. The van der Waals surface area contributed by atoms with E-state index >= 15 is 0 Å². The molecule has 0 N–H and O–H groups in total. The van der Waals surface area contributed by atoms with E-state index in [9.17, 15) is 0 Å². The molecule has 1 fully saturated rings. The second kappa shape index (κ2) is 5.96. The Hall–Kier alpha value is -0.0200. The molecule has 1 unspecified atom stereocenters. The lowest BCUT2D eigenvalue weighted by Crippen LogP contribution is -2.17. The quantitative estimate of drug-likeness (QED) is 0.598. The van der Waals surface area contributed by atoms with Crippen molar-refractivity contribution in [3.05, 3.63) is 28.2 Å². The SMILES string of the molecule is CCOc1ccc(C(Br)C2(C)CCCC2)cc1Br. The zero-order chi connectivity index (χ0) is 13.2. The van der Waals surface area contributed by atoms with Crippen LogP contribution in [0.15, 0.2) is 22.7 Å². The van der Waals surface area contributed by atoms with Crippen molar-refractivity contribution in [1.82, 2.24) is 0 Å². The first-order chi connectivity index (χ1) is 8.57. The van der Waals surface area contributed by atoms with Gasteiger partial charge < -0.3 is 4.74 Å². The van der Waals surface area contributed by atoms with Gasteiger partial charge in [-0.2, -0.15) is 0 Å². The van der Waals surface area contributed by atoms with E-state index in [-0.39, 0.29) is 0 Å². The minimum absolute atomic E-state index is 0.395. The molecule has 1 aliphatic carbocycles. The van der Waals surface area contributed by atoms with Crippen LogP contribution in [-0.2, 0) is 0 Å². The fraction of sp³-hybridized carbons (Fsp3) is 0.600. The molecule has 1 saturated carbocycles. The highest BCUT2D eigenvalue weighted by Gasteiger charge is 2.36. The van der Waals surface area contributed by atoms with Gasteiger partial charge in [0, 0.05) is 4.83 Å². The summed E-state index contributed by atoms with van der Waals surface area (Å²) in [5.74, 6) is 0.928. The van der Waals surface area contributed by atoms with E-state index in [0.29, 0.717) is 16.8 Å². The monoisotopic (exact) mass is 374 g/mol. The molecule has 1 aromatic rings. The molecule has 1 aromatic carbocycles. The summed E-state index contributed by atoms with van der Waals surface area (Å²) in [6, 6.07) is 6.43. The minimum Gasteiger partial charge on any atom is -0.493 e. The number of hydrogen-bond donors (Lipinski definition) is 0. The highest BCUT2D eigenvalue weighted by Crippen LogP contribution is 2.52. The van der Waals surface area contributed by atoms with Gasteiger partial charge in [0.15, 0.2) is 0 Å². The van der Waals surface area contributed by atoms with Gasteiger partial charge in [0.2, 0.25) is 0 Å². The van der Waals surface area contributed by atoms with Crippen molar-refractivity contribution in [3.63, 3.8) is 0 Å². The predicted molar refractivity (Wildman–Crippen MR) is 83.6 cm³/mol. The minimum atomic E-state index is 0.395. The molecule has 0 bridgehead atoms. The first-order valence-corrected chi connectivity index (χ1v) is 8.34. The van der Waals surface area contributed by atoms with Crippen LogP contribution in [0, 0.1) is 5.41 Å². The Kier molecular flexibility index (Phi) is 4.76. The molecule has 0 aliphatic heterocycles. The van der Waals surface area contributed by atoms with Crippen LogP contribution in [0.4, 0.5) is 0 Å². The molecule has 0 heterocycles. The normalized spacial score (nSPS) is 19.8. The average molecular weight is 376 g/mol. The van der Waals surface area contributed by atoms with Gasteiger partial charge in [-0.25, -0.2) is 0 Å². The number of halogens is 2. The van der Waals surface area contributed by atoms with Crippen molar-refractivity contribution in [2.45, 2.75) is 44.4 Å². The zero-order valence-corrected chi connectivity index (χ0v) is 14.2. The number of alkyl halides is 1. The van der Waals surface area contributed by atoms with E-state index in [1.165, 1.54) is 31.2 Å². The summed E-state index contributed by atoms with van der Waals surface area (Å²) in [7, 11) is 0. The maximum Gasteiger partial charge on any atom is 0.133 e. The highest BCUT2D eigenvalue weighted by molar-refractivity contribution is 9.10. The fourth-order valence-corrected chi connectivity index (χ4v) is 4.04. The van der Waals surface area contributed by atoms with Crippen LogP contribution in [0.5, 0.6) is 5.75 Å². The third-order valence-electron chi connectivity index (χ3n) is 3.91. The molecule has 0 spiro atoms. The molecule has 3 heteroatoms. The third kappa shape index (κ3) is 2.93. The van der Waals surface area contributed by atoms with Crippen LogP contribution >= 0.6 is 31.9 Å². The van der Waals surface area contributed by atoms with Gasteiger partial charge in [-0.1, -0.05) is 41.8 Å². The second-order valence-corrected chi connectivity index (χ2v) is 7.12. The topological polar surface area (TPSA) is 9.23 Å². The Morgan fingerprint density at radius 3 is 2.56 bits per heavy atom. The van der Waals surface area contributed by atoms with Crippen LogP contribution in [0.3, 0.4) is 0 Å². The Labute approximate surface area is 127 Å². The predicted octanol–water partition coefficient (Wildman–Crippen LogP) is 5.86. The molecule has 1 aliphatic rings. The van der Waals surface area contributed by atoms with Crippen LogP contribution < -0.4 is 4.74 Å². The number of ether oxygens (including phenoxy) is 1. The number of rotatable bonds is 4. The lowest BCUT2D eigenvalue weighted by Gasteiger charge is -2.30. The fourth-order valence-electron chi connectivity index (χ4n) is 2.79. The van der Waals surface area contributed by atoms with Gasteiger partial charge in [-0.3, -0.25) is 0 Å². The molecular weight excluding hydrogens is 356 g/mol. The summed E-state index contributed by atoms with van der Waals surface area (Å²) < 4.78 is 6.61. The zero-order valence-electron chi connectivity index (χ0n) is 11.0. The van der Waals surface area contributed by atoms with Crippen LogP contribution in [0.2, 0.25) is 0 Å². The van der Waals surface area contributed by atoms with Gasteiger partial charge in [0.1, 0.15) is 5.75 Å². The molecule has 1 nitrogen and oxygen atoms in total. The lowest BCUT2D eigenvalue weighted by atomic mass is 9.82.